The van der Waals surface area contributed by atoms with Crippen LogP contribution in [-0.2, 0) is 16.0 Å². The average molecular weight is 358 g/mol. The third-order valence-electron chi connectivity index (χ3n) is 6.06. The molecule has 142 valence electrons. The van der Waals surface area contributed by atoms with E-state index in [1.54, 1.807) is 7.11 Å². The maximum Gasteiger partial charge on any atom is 0.222 e. The molecule has 0 N–H and O–H groups in total. The van der Waals surface area contributed by atoms with E-state index in [0.29, 0.717) is 12.8 Å². The van der Waals surface area contributed by atoms with Crippen molar-refractivity contribution in [2.75, 3.05) is 33.8 Å². The van der Waals surface area contributed by atoms with Gasteiger partial charge in [-0.25, -0.2) is 0 Å². The van der Waals surface area contributed by atoms with Crippen molar-refractivity contribution < 1.29 is 14.3 Å². The molecular formula is C21H30N2O3. The standard InChI is InChI=1S/C21H30N2O3/c1-22-16-21(11-10-19(22)24)12-14-23(15-13-21)20(25)5-3-4-17-6-8-18(26-2)9-7-17/h6-9H,3-5,10-16H2,1-2H3. The summed E-state index contributed by atoms with van der Waals surface area (Å²) in [7, 11) is 3.57. The monoisotopic (exact) mass is 358 g/mol. The van der Waals surface area contributed by atoms with E-state index in [0.717, 1.165) is 57.5 Å². The van der Waals surface area contributed by atoms with Crippen molar-refractivity contribution in [2.45, 2.75) is 44.9 Å². The molecule has 0 aliphatic carbocycles. The van der Waals surface area contributed by atoms with Crippen molar-refractivity contribution in [2.24, 2.45) is 5.41 Å². The van der Waals surface area contributed by atoms with E-state index >= 15 is 0 Å². The van der Waals surface area contributed by atoms with E-state index in [1.807, 2.05) is 29.0 Å². The SMILES string of the molecule is COc1ccc(CCCC(=O)N2CCC3(CCC(=O)N(C)C3)CC2)cc1. The third kappa shape index (κ3) is 4.37. The van der Waals surface area contributed by atoms with Crippen LogP contribution < -0.4 is 4.74 Å². The molecule has 2 amide bonds. The highest BCUT2D eigenvalue weighted by molar-refractivity contribution is 5.77. The largest absolute Gasteiger partial charge is 0.497 e. The Balaban J connectivity index is 1.41. The number of carbonyl (C=O) groups excluding carboxylic acids is 2. The molecule has 5 nitrogen and oxygen atoms in total. The molecule has 0 atom stereocenters. The van der Waals surface area contributed by atoms with Gasteiger partial charge >= 0.3 is 0 Å². The number of ether oxygens (including phenoxy) is 1. The summed E-state index contributed by atoms with van der Waals surface area (Å²) in [6.45, 7) is 2.53. The predicted octanol–water partition coefficient (Wildman–Crippen LogP) is 2.88. The molecule has 0 bridgehead atoms. The lowest BCUT2D eigenvalue weighted by Gasteiger charge is -2.46. The summed E-state index contributed by atoms with van der Waals surface area (Å²) in [6.07, 6.45) is 6.09. The second-order valence-corrected chi connectivity index (χ2v) is 7.83. The van der Waals surface area contributed by atoms with Crippen LogP contribution in [0.15, 0.2) is 24.3 Å². The summed E-state index contributed by atoms with van der Waals surface area (Å²) in [5.74, 6) is 1.39. The maximum absolute atomic E-state index is 12.5. The number of benzene rings is 1. The van der Waals surface area contributed by atoms with Crippen LogP contribution in [-0.4, -0.2) is 55.4 Å². The lowest BCUT2D eigenvalue weighted by Crippen LogP contribution is -2.51. The molecule has 1 spiro atoms. The summed E-state index contributed by atoms with van der Waals surface area (Å²) in [5.41, 5.74) is 1.48. The molecule has 26 heavy (non-hydrogen) atoms. The Morgan fingerprint density at radius 1 is 1.15 bits per heavy atom. The van der Waals surface area contributed by atoms with Crippen LogP contribution in [0, 0.1) is 5.41 Å². The Kier molecular flexibility index (Phi) is 5.84. The van der Waals surface area contributed by atoms with E-state index in [-0.39, 0.29) is 17.2 Å². The van der Waals surface area contributed by atoms with E-state index in [9.17, 15) is 9.59 Å². The van der Waals surface area contributed by atoms with E-state index < -0.39 is 0 Å². The molecule has 1 aromatic rings. The van der Waals surface area contributed by atoms with Gasteiger partial charge in [-0.15, -0.1) is 0 Å². The van der Waals surface area contributed by atoms with Gasteiger partial charge in [0.15, 0.2) is 0 Å². The van der Waals surface area contributed by atoms with Gasteiger partial charge in [0.2, 0.25) is 11.8 Å². The molecule has 0 aromatic heterocycles. The summed E-state index contributed by atoms with van der Waals surface area (Å²) in [4.78, 5) is 28.1. The summed E-state index contributed by atoms with van der Waals surface area (Å²) < 4.78 is 5.17. The minimum Gasteiger partial charge on any atom is -0.497 e. The normalized spacial score (nSPS) is 19.7. The summed E-state index contributed by atoms with van der Waals surface area (Å²) in [6, 6.07) is 8.06. The zero-order valence-electron chi connectivity index (χ0n) is 16.0. The number of aryl methyl sites for hydroxylation is 1. The first-order valence-corrected chi connectivity index (χ1v) is 9.66. The third-order valence-corrected chi connectivity index (χ3v) is 6.06. The average Bonchev–Trinajstić information content (AvgIpc) is 2.66. The van der Waals surface area contributed by atoms with Crippen LogP contribution in [0.25, 0.3) is 0 Å². The van der Waals surface area contributed by atoms with Crippen molar-refractivity contribution in [1.82, 2.24) is 9.80 Å². The second-order valence-electron chi connectivity index (χ2n) is 7.83. The maximum atomic E-state index is 12.5. The van der Waals surface area contributed by atoms with E-state index in [1.165, 1.54) is 5.56 Å². The number of hydrogen-bond acceptors (Lipinski definition) is 3. The van der Waals surface area contributed by atoms with E-state index in [4.69, 9.17) is 4.74 Å². The van der Waals surface area contributed by atoms with Crippen LogP contribution in [0.5, 0.6) is 5.75 Å². The Labute approximate surface area is 156 Å². The number of amides is 2. The molecule has 2 aliphatic rings. The molecule has 2 fully saturated rings. The lowest BCUT2D eigenvalue weighted by molar-refractivity contribution is -0.141. The van der Waals surface area contributed by atoms with Gasteiger partial charge in [0, 0.05) is 39.5 Å². The Hall–Kier alpha value is -2.04. The molecule has 0 unspecified atom stereocenters. The predicted molar refractivity (Wildman–Crippen MR) is 101 cm³/mol. The molecule has 0 radical (unpaired) electrons. The number of piperidine rings is 2. The number of nitrogens with zero attached hydrogens (tertiary/aromatic N) is 2. The van der Waals surface area contributed by atoms with Gasteiger partial charge < -0.3 is 14.5 Å². The molecule has 3 rings (SSSR count). The van der Waals surface area contributed by atoms with Crippen LogP contribution in [0.4, 0.5) is 0 Å². The lowest BCUT2D eigenvalue weighted by atomic mass is 9.72. The molecular weight excluding hydrogens is 328 g/mol. The fourth-order valence-corrected chi connectivity index (χ4v) is 4.27. The molecule has 1 aromatic carbocycles. The number of likely N-dealkylation sites (tertiary alicyclic amines) is 2. The van der Waals surface area contributed by atoms with Gasteiger partial charge in [-0.2, -0.15) is 0 Å². The van der Waals surface area contributed by atoms with Crippen molar-refractivity contribution in [1.29, 1.82) is 0 Å². The van der Waals surface area contributed by atoms with Crippen molar-refractivity contribution in [3.63, 3.8) is 0 Å². The highest BCUT2D eigenvalue weighted by atomic mass is 16.5. The Bertz CT molecular complexity index is 633. The Morgan fingerprint density at radius 3 is 2.46 bits per heavy atom. The smallest absolute Gasteiger partial charge is 0.222 e. The van der Waals surface area contributed by atoms with Crippen LogP contribution in [0.1, 0.15) is 44.1 Å². The van der Waals surface area contributed by atoms with Gasteiger partial charge in [-0.05, 0) is 55.2 Å². The summed E-state index contributed by atoms with van der Waals surface area (Å²) >= 11 is 0. The topological polar surface area (TPSA) is 49.9 Å². The van der Waals surface area contributed by atoms with Crippen molar-refractivity contribution in [3.8, 4) is 5.75 Å². The molecule has 2 saturated heterocycles. The fraction of sp³-hybridized carbons (Fsp3) is 0.619. The Morgan fingerprint density at radius 2 is 1.85 bits per heavy atom. The van der Waals surface area contributed by atoms with Crippen LogP contribution in [0.2, 0.25) is 0 Å². The first-order chi connectivity index (χ1) is 12.5. The first kappa shape index (κ1) is 18.7. The molecule has 2 heterocycles. The first-order valence-electron chi connectivity index (χ1n) is 9.66. The van der Waals surface area contributed by atoms with Gasteiger partial charge in [-0.1, -0.05) is 12.1 Å². The summed E-state index contributed by atoms with van der Waals surface area (Å²) in [5, 5.41) is 0. The highest BCUT2D eigenvalue weighted by Crippen LogP contribution is 2.39. The van der Waals surface area contributed by atoms with Gasteiger partial charge in [-0.3, -0.25) is 9.59 Å². The van der Waals surface area contributed by atoms with Crippen LogP contribution in [0.3, 0.4) is 0 Å². The minimum atomic E-state index is 0.239. The molecule has 2 aliphatic heterocycles. The zero-order chi connectivity index (χ0) is 18.6. The number of carbonyl (C=O) groups is 2. The van der Waals surface area contributed by atoms with E-state index in [2.05, 4.69) is 12.1 Å². The molecule has 5 heteroatoms. The van der Waals surface area contributed by atoms with Gasteiger partial charge in [0.1, 0.15) is 5.75 Å². The fourth-order valence-electron chi connectivity index (χ4n) is 4.27. The molecule has 0 saturated carbocycles. The second kappa shape index (κ2) is 8.11. The van der Waals surface area contributed by atoms with Gasteiger partial charge in [0.25, 0.3) is 0 Å². The van der Waals surface area contributed by atoms with Crippen LogP contribution >= 0.6 is 0 Å². The zero-order valence-corrected chi connectivity index (χ0v) is 16.0. The minimum absolute atomic E-state index is 0.239. The highest BCUT2D eigenvalue weighted by Gasteiger charge is 2.40. The van der Waals surface area contributed by atoms with Crippen molar-refractivity contribution in [3.05, 3.63) is 29.8 Å². The number of rotatable bonds is 5. The number of hydrogen-bond donors (Lipinski definition) is 0. The van der Waals surface area contributed by atoms with Gasteiger partial charge in [0.05, 0.1) is 7.11 Å². The number of methoxy groups -OCH3 is 1. The van der Waals surface area contributed by atoms with Crippen molar-refractivity contribution >= 4 is 11.8 Å². The quantitative estimate of drug-likeness (QED) is 0.813.